The minimum absolute atomic E-state index is 0.226. The van der Waals surface area contributed by atoms with Gasteiger partial charge in [-0.1, -0.05) is 54.6 Å². The van der Waals surface area contributed by atoms with E-state index in [4.69, 9.17) is 0 Å². The summed E-state index contributed by atoms with van der Waals surface area (Å²) in [6.07, 6.45) is 1.78. The van der Waals surface area contributed by atoms with Crippen molar-refractivity contribution < 1.29 is 10.0 Å². The molecule has 1 amide bonds. The van der Waals surface area contributed by atoms with Crippen molar-refractivity contribution in [2.24, 2.45) is 0 Å². The van der Waals surface area contributed by atoms with Gasteiger partial charge in [-0.05, 0) is 60.7 Å². The Morgan fingerprint density at radius 2 is 1.41 bits per heavy atom. The molecule has 0 saturated heterocycles. The molecule has 0 saturated carbocycles. The van der Waals surface area contributed by atoms with Gasteiger partial charge in [0.1, 0.15) is 0 Å². The van der Waals surface area contributed by atoms with E-state index in [9.17, 15) is 10.0 Å². The van der Waals surface area contributed by atoms with Crippen LogP contribution in [0, 0.1) is 0 Å². The van der Waals surface area contributed by atoms with E-state index in [1.54, 1.807) is 19.9 Å². The van der Waals surface area contributed by atoms with E-state index in [1.807, 2.05) is 26.0 Å². The molecule has 0 atom stereocenters. The molecule has 0 aliphatic carbocycles. The fourth-order valence-corrected chi connectivity index (χ4v) is 4.80. The van der Waals surface area contributed by atoms with E-state index >= 15 is 0 Å². The van der Waals surface area contributed by atoms with Crippen LogP contribution < -0.4 is 5.32 Å². The van der Waals surface area contributed by atoms with E-state index < -0.39 is 11.1 Å². The van der Waals surface area contributed by atoms with Crippen LogP contribution in [0.1, 0.15) is 27.7 Å². The fourth-order valence-electron chi connectivity index (χ4n) is 4.80. The van der Waals surface area contributed by atoms with Gasteiger partial charge in [0.15, 0.2) is 0 Å². The average Bonchev–Trinajstić information content (AvgIpc) is 2.86. The van der Waals surface area contributed by atoms with Crippen LogP contribution in [0.2, 0.25) is 0 Å². The summed E-state index contributed by atoms with van der Waals surface area (Å²) < 4.78 is 0. The Hall–Kier alpha value is -2.95. The van der Waals surface area contributed by atoms with Gasteiger partial charge in [-0.2, -0.15) is 0 Å². The number of nitrogens with one attached hydrogen (secondary N) is 1. The van der Waals surface area contributed by atoms with Crippen molar-refractivity contribution in [1.82, 2.24) is 5.06 Å². The Morgan fingerprint density at radius 3 is 2.03 bits per heavy atom. The molecule has 1 aliphatic heterocycles. The standard InChI is InChI=1S/C25H23N2O2/c1-24(2)14-19(25(3,4)27(24)29)23(28)26-20-13-11-17-9-8-15-6-5-7-16-10-12-18(20)22(17)21(15)16/h5-14H,1-4H3,(H,26,28). The van der Waals surface area contributed by atoms with E-state index in [2.05, 4.69) is 47.8 Å². The smallest absolute Gasteiger partial charge is 0.253 e. The van der Waals surface area contributed by atoms with Crippen LogP contribution >= 0.6 is 0 Å². The van der Waals surface area contributed by atoms with E-state index in [1.165, 1.54) is 16.2 Å². The van der Waals surface area contributed by atoms with Crippen LogP contribution in [0.5, 0.6) is 0 Å². The molecule has 4 aromatic rings. The van der Waals surface area contributed by atoms with Crippen molar-refractivity contribution in [3.63, 3.8) is 0 Å². The molecule has 0 bridgehead atoms. The number of nitrogens with zero attached hydrogens (tertiary/aromatic N) is 1. The lowest BCUT2D eigenvalue weighted by Gasteiger charge is -2.33. The number of carbonyl (C=O) groups is 1. The predicted octanol–water partition coefficient (Wildman–Crippen LogP) is 5.67. The molecule has 29 heavy (non-hydrogen) atoms. The zero-order chi connectivity index (χ0) is 20.6. The summed E-state index contributed by atoms with van der Waals surface area (Å²) in [6, 6.07) is 18.7. The van der Waals surface area contributed by atoms with Crippen molar-refractivity contribution in [1.29, 1.82) is 0 Å². The van der Waals surface area contributed by atoms with Gasteiger partial charge in [-0.3, -0.25) is 4.79 Å². The molecule has 4 aromatic carbocycles. The largest absolute Gasteiger partial charge is 0.322 e. The van der Waals surface area contributed by atoms with Gasteiger partial charge in [0.05, 0.1) is 11.1 Å². The van der Waals surface area contributed by atoms with Crippen molar-refractivity contribution >= 4 is 43.9 Å². The second-order valence-corrected chi connectivity index (χ2v) is 8.99. The van der Waals surface area contributed by atoms with Crippen LogP contribution in [0.15, 0.2) is 66.2 Å². The maximum absolute atomic E-state index is 13.2. The topological polar surface area (TPSA) is 52.2 Å². The highest BCUT2D eigenvalue weighted by molar-refractivity contribution is 6.26. The van der Waals surface area contributed by atoms with Gasteiger partial charge in [-0.25, -0.2) is 0 Å². The molecule has 0 unspecified atom stereocenters. The quantitative estimate of drug-likeness (QED) is 0.454. The summed E-state index contributed by atoms with van der Waals surface area (Å²) in [7, 11) is 0. The molecule has 145 valence electrons. The summed E-state index contributed by atoms with van der Waals surface area (Å²) in [4.78, 5) is 13.2. The Balaban J connectivity index is 1.64. The molecule has 1 aliphatic rings. The molecule has 1 heterocycles. The zero-order valence-corrected chi connectivity index (χ0v) is 17.0. The third-order valence-corrected chi connectivity index (χ3v) is 6.21. The molecule has 1 radical (unpaired) electrons. The molecule has 5 rings (SSSR count). The Morgan fingerprint density at radius 1 is 0.828 bits per heavy atom. The highest BCUT2D eigenvalue weighted by atomic mass is 16.5. The summed E-state index contributed by atoms with van der Waals surface area (Å²) in [5.74, 6) is -0.226. The SMILES string of the molecule is CC1(C)C=C(C(=O)Nc2ccc3ccc4cccc5ccc2c3c45)C(C)(C)N1[O]. The van der Waals surface area contributed by atoms with E-state index in [0.717, 1.165) is 26.9 Å². The highest BCUT2D eigenvalue weighted by Gasteiger charge is 2.48. The lowest BCUT2D eigenvalue weighted by atomic mass is 9.93. The predicted molar refractivity (Wildman–Crippen MR) is 118 cm³/mol. The number of carbonyl (C=O) groups excluding carboxylic acids is 1. The van der Waals surface area contributed by atoms with Gasteiger partial charge < -0.3 is 5.32 Å². The number of amides is 1. The summed E-state index contributed by atoms with van der Waals surface area (Å²) in [5, 5.41) is 23.6. The van der Waals surface area contributed by atoms with Crippen LogP contribution in [0.3, 0.4) is 0 Å². The number of hydrogen-bond donors (Lipinski definition) is 1. The lowest BCUT2D eigenvalue weighted by Crippen LogP contribution is -2.48. The molecule has 0 aromatic heterocycles. The van der Waals surface area contributed by atoms with Crippen LogP contribution in [-0.4, -0.2) is 22.0 Å². The highest BCUT2D eigenvalue weighted by Crippen LogP contribution is 2.41. The van der Waals surface area contributed by atoms with Crippen molar-refractivity contribution in [3.8, 4) is 0 Å². The molecule has 0 spiro atoms. The molecule has 0 fully saturated rings. The Kier molecular flexibility index (Phi) is 3.61. The Labute approximate surface area is 169 Å². The molecule has 4 heteroatoms. The first-order valence-corrected chi connectivity index (χ1v) is 9.89. The third kappa shape index (κ3) is 2.49. The monoisotopic (exact) mass is 383 g/mol. The number of anilines is 1. The Bertz CT molecular complexity index is 1300. The first-order chi connectivity index (χ1) is 13.7. The van der Waals surface area contributed by atoms with Crippen LogP contribution in [-0.2, 0) is 10.0 Å². The van der Waals surface area contributed by atoms with Crippen molar-refractivity contribution in [2.45, 2.75) is 38.8 Å². The third-order valence-electron chi connectivity index (χ3n) is 6.21. The van der Waals surface area contributed by atoms with Crippen LogP contribution in [0.25, 0.3) is 32.3 Å². The van der Waals surface area contributed by atoms with Crippen molar-refractivity contribution in [2.75, 3.05) is 5.32 Å². The van der Waals surface area contributed by atoms with Gasteiger partial charge in [0, 0.05) is 16.6 Å². The number of hydroxylamine groups is 2. The van der Waals surface area contributed by atoms with E-state index in [0.29, 0.717) is 5.57 Å². The van der Waals surface area contributed by atoms with Gasteiger partial charge in [0.25, 0.3) is 5.91 Å². The fraction of sp³-hybridized carbons (Fsp3) is 0.240. The van der Waals surface area contributed by atoms with Gasteiger partial charge in [0.2, 0.25) is 0 Å². The van der Waals surface area contributed by atoms with Gasteiger partial charge in [-0.15, -0.1) is 10.3 Å². The molecular formula is C25H23N2O2. The maximum atomic E-state index is 13.2. The first kappa shape index (κ1) is 18.1. The lowest BCUT2D eigenvalue weighted by molar-refractivity contribution is -0.238. The zero-order valence-electron chi connectivity index (χ0n) is 17.0. The van der Waals surface area contributed by atoms with Crippen molar-refractivity contribution in [3.05, 3.63) is 66.2 Å². The molecule has 1 N–H and O–H groups in total. The number of rotatable bonds is 2. The van der Waals surface area contributed by atoms with E-state index in [-0.39, 0.29) is 5.91 Å². The second-order valence-electron chi connectivity index (χ2n) is 8.99. The summed E-state index contributed by atoms with van der Waals surface area (Å²) >= 11 is 0. The number of benzene rings is 4. The first-order valence-electron chi connectivity index (χ1n) is 9.89. The number of hydrogen-bond acceptors (Lipinski definition) is 2. The molecule has 4 nitrogen and oxygen atoms in total. The van der Waals surface area contributed by atoms with Crippen LogP contribution in [0.4, 0.5) is 5.69 Å². The minimum Gasteiger partial charge on any atom is -0.322 e. The average molecular weight is 383 g/mol. The maximum Gasteiger partial charge on any atom is 0.253 e. The second kappa shape index (κ2) is 5.78. The summed E-state index contributed by atoms with van der Waals surface area (Å²) in [5.41, 5.74) is -0.321. The summed E-state index contributed by atoms with van der Waals surface area (Å²) in [6.45, 7) is 7.25. The molecular weight excluding hydrogens is 360 g/mol. The normalized spacial score (nSPS) is 18.6. The van der Waals surface area contributed by atoms with Gasteiger partial charge >= 0.3 is 0 Å². The minimum atomic E-state index is -0.878.